The number of amides is 1. The summed E-state index contributed by atoms with van der Waals surface area (Å²) in [5.41, 5.74) is 5.58. The quantitative estimate of drug-likeness (QED) is 0.690. The summed E-state index contributed by atoms with van der Waals surface area (Å²) in [4.78, 5) is 8.58. The topological polar surface area (TPSA) is 43.1 Å². The van der Waals surface area contributed by atoms with E-state index in [1.807, 2.05) is 12.1 Å². The maximum atomic E-state index is 8.58. The van der Waals surface area contributed by atoms with Crippen LogP contribution in [0.3, 0.4) is 0 Å². The van der Waals surface area contributed by atoms with Crippen molar-refractivity contribution in [1.82, 2.24) is 0 Å². The molecule has 1 aromatic rings. The molecule has 13 heavy (non-hydrogen) atoms. The van der Waals surface area contributed by atoms with E-state index in [9.17, 15) is 0 Å². The summed E-state index contributed by atoms with van der Waals surface area (Å²) in [6.45, 7) is 0. The number of rotatable bonds is 1. The van der Waals surface area contributed by atoms with Crippen LogP contribution in [0.5, 0.6) is 0 Å². The highest BCUT2D eigenvalue weighted by molar-refractivity contribution is 6.30. The Morgan fingerprint density at radius 1 is 1.46 bits per heavy atom. The Balaban J connectivity index is 0.000000251. The molecular formula is C10H12ClNO. The average molecular weight is 198 g/mol. The molecule has 0 bridgehead atoms. The van der Waals surface area contributed by atoms with Gasteiger partial charge in [-0.25, -0.2) is 0 Å². The van der Waals surface area contributed by atoms with E-state index in [2.05, 4.69) is 17.9 Å². The predicted molar refractivity (Wildman–Crippen MR) is 53.7 cm³/mol. The minimum absolute atomic E-state index is 0.250. The molecule has 1 saturated carbocycles. The molecule has 2 N–H and O–H groups in total. The van der Waals surface area contributed by atoms with Gasteiger partial charge in [0.15, 0.2) is 0 Å². The number of benzene rings is 1. The summed E-state index contributed by atoms with van der Waals surface area (Å²) in [5.74, 6) is 0.818. The van der Waals surface area contributed by atoms with Crippen LogP contribution in [0.25, 0.3) is 0 Å². The van der Waals surface area contributed by atoms with E-state index in [4.69, 9.17) is 16.4 Å². The van der Waals surface area contributed by atoms with Gasteiger partial charge in [0.1, 0.15) is 0 Å². The van der Waals surface area contributed by atoms with Crippen LogP contribution in [0.2, 0.25) is 5.02 Å². The first kappa shape index (κ1) is 10.1. The molecule has 3 heteroatoms. The summed E-state index contributed by atoms with van der Waals surface area (Å²) in [6, 6.07) is 8.17. The largest absolute Gasteiger partial charge is 0.372 e. The van der Waals surface area contributed by atoms with Gasteiger partial charge in [-0.3, -0.25) is 4.79 Å². The number of primary amides is 1. The minimum atomic E-state index is 0.250. The summed E-state index contributed by atoms with van der Waals surface area (Å²) in [7, 11) is 0. The molecular weight excluding hydrogens is 186 g/mol. The van der Waals surface area contributed by atoms with E-state index in [0.29, 0.717) is 0 Å². The molecule has 1 aliphatic carbocycles. The molecule has 0 saturated heterocycles. The molecule has 2 rings (SSSR count). The van der Waals surface area contributed by atoms with Gasteiger partial charge in [0, 0.05) is 5.02 Å². The van der Waals surface area contributed by atoms with Crippen LogP contribution in [0.15, 0.2) is 24.3 Å². The second-order valence-corrected chi connectivity index (χ2v) is 3.40. The fourth-order valence-corrected chi connectivity index (χ4v) is 1.38. The lowest BCUT2D eigenvalue weighted by Gasteiger charge is -1.95. The minimum Gasteiger partial charge on any atom is -0.372 e. The van der Waals surface area contributed by atoms with Gasteiger partial charge in [0.25, 0.3) is 0 Å². The van der Waals surface area contributed by atoms with Crippen LogP contribution in [-0.4, -0.2) is 6.41 Å². The van der Waals surface area contributed by atoms with Crippen molar-refractivity contribution in [3.8, 4) is 0 Å². The third-order valence-corrected chi connectivity index (χ3v) is 2.13. The van der Waals surface area contributed by atoms with Crippen molar-refractivity contribution in [2.45, 2.75) is 18.8 Å². The SMILES string of the molecule is Clc1cccc(C2CC2)c1.NC=O. The molecule has 1 aliphatic rings. The first-order valence-electron chi connectivity index (χ1n) is 4.18. The molecule has 2 nitrogen and oxygen atoms in total. The van der Waals surface area contributed by atoms with Gasteiger partial charge >= 0.3 is 0 Å². The van der Waals surface area contributed by atoms with E-state index >= 15 is 0 Å². The van der Waals surface area contributed by atoms with Gasteiger partial charge in [-0.15, -0.1) is 0 Å². The third-order valence-electron chi connectivity index (χ3n) is 1.90. The van der Waals surface area contributed by atoms with Crippen LogP contribution in [-0.2, 0) is 4.79 Å². The fraction of sp³-hybridized carbons (Fsp3) is 0.300. The number of halogens is 1. The molecule has 0 aliphatic heterocycles. The van der Waals surface area contributed by atoms with Crippen molar-refractivity contribution in [2.24, 2.45) is 5.73 Å². The maximum absolute atomic E-state index is 8.58. The molecule has 0 unspecified atom stereocenters. The van der Waals surface area contributed by atoms with E-state index < -0.39 is 0 Å². The zero-order chi connectivity index (χ0) is 9.68. The zero-order valence-corrected chi connectivity index (χ0v) is 8.00. The molecule has 0 radical (unpaired) electrons. The van der Waals surface area contributed by atoms with Crippen LogP contribution < -0.4 is 5.73 Å². The van der Waals surface area contributed by atoms with Gasteiger partial charge in [-0.2, -0.15) is 0 Å². The molecule has 1 aromatic carbocycles. The van der Waals surface area contributed by atoms with E-state index in [1.165, 1.54) is 18.4 Å². The van der Waals surface area contributed by atoms with Crippen LogP contribution in [0.1, 0.15) is 24.3 Å². The number of carbonyl (C=O) groups excluding carboxylic acids is 1. The molecule has 0 atom stereocenters. The molecule has 1 amide bonds. The van der Waals surface area contributed by atoms with Crippen molar-refractivity contribution in [2.75, 3.05) is 0 Å². The lowest BCUT2D eigenvalue weighted by atomic mass is 10.1. The first-order valence-corrected chi connectivity index (χ1v) is 4.56. The number of nitrogens with two attached hydrogens (primary N) is 1. The van der Waals surface area contributed by atoms with Crippen molar-refractivity contribution in [3.63, 3.8) is 0 Å². The Labute approximate surface area is 82.7 Å². The smallest absolute Gasteiger partial charge is 0.204 e. The Bertz CT molecular complexity index is 284. The van der Waals surface area contributed by atoms with Crippen molar-refractivity contribution < 1.29 is 4.79 Å². The Morgan fingerprint density at radius 3 is 2.54 bits per heavy atom. The highest BCUT2D eigenvalue weighted by Crippen LogP contribution is 2.40. The lowest BCUT2D eigenvalue weighted by Crippen LogP contribution is -1.82. The summed E-state index contributed by atoms with van der Waals surface area (Å²) in [6.07, 6.45) is 2.95. The van der Waals surface area contributed by atoms with Gasteiger partial charge < -0.3 is 5.73 Å². The predicted octanol–water partition coefficient (Wildman–Crippen LogP) is 2.32. The Hall–Kier alpha value is -1.02. The Kier molecular flexibility index (Phi) is 3.77. The second-order valence-electron chi connectivity index (χ2n) is 2.97. The maximum Gasteiger partial charge on any atom is 0.204 e. The number of hydrogen-bond donors (Lipinski definition) is 1. The summed E-state index contributed by atoms with van der Waals surface area (Å²) >= 11 is 5.82. The Morgan fingerprint density at radius 2 is 2.08 bits per heavy atom. The van der Waals surface area contributed by atoms with E-state index in [-0.39, 0.29) is 6.41 Å². The molecule has 70 valence electrons. The monoisotopic (exact) mass is 197 g/mol. The molecule has 1 fully saturated rings. The normalized spacial score (nSPS) is 14.2. The summed E-state index contributed by atoms with van der Waals surface area (Å²) in [5, 5.41) is 0.865. The molecule has 0 spiro atoms. The molecule has 0 heterocycles. The highest BCUT2D eigenvalue weighted by atomic mass is 35.5. The molecule has 0 aromatic heterocycles. The van der Waals surface area contributed by atoms with Crippen molar-refractivity contribution >= 4 is 18.0 Å². The van der Waals surface area contributed by atoms with Crippen LogP contribution >= 0.6 is 11.6 Å². The van der Waals surface area contributed by atoms with E-state index in [1.54, 1.807) is 0 Å². The number of carbonyl (C=O) groups is 1. The van der Waals surface area contributed by atoms with Gasteiger partial charge in [0.2, 0.25) is 6.41 Å². The average Bonchev–Trinajstić information content (AvgIpc) is 2.87. The van der Waals surface area contributed by atoms with Crippen LogP contribution in [0.4, 0.5) is 0 Å². The lowest BCUT2D eigenvalue weighted by molar-refractivity contribution is -0.106. The van der Waals surface area contributed by atoms with Gasteiger partial charge in [0.05, 0.1) is 0 Å². The fourth-order valence-electron chi connectivity index (χ4n) is 1.18. The van der Waals surface area contributed by atoms with Crippen molar-refractivity contribution in [3.05, 3.63) is 34.9 Å². The zero-order valence-electron chi connectivity index (χ0n) is 7.24. The van der Waals surface area contributed by atoms with Gasteiger partial charge in [-0.05, 0) is 36.5 Å². The summed E-state index contributed by atoms with van der Waals surface area (Å²) < 4.78 is 0. The third kappa shape index (κ3) is 3.47. The van der Waals surface area contributed by atoms with Gasteiger partial charge in [-0.1, -0.05) is 23.7 Å². The second kappa shape index (κ2) is 4.87. The van der Waals surface area contributed by atoms with Crippen molar-refractivity contribution in [1.29, 1.82) is 0 Å². The first-order chi connectivity index (χ1) is 6.27. The van der Waals surface area contributed by atoms with E-state index in [0.717, 1.165) is 10.9 Å². The van der Waals surface area contributed by atoms with Crippen LogP contribution in [0, 0.1) is 0 Å². The highest BCUT2D eigenvalue weighted by Gasteiger charge is 2.22. The number of hydrogen-bond acceptors (Lipinski definition) is 1. The standard InChI is InChI=1S/C9H9Cl.CH3NO/c10-9-3-1-2-8(6-9)7-4-5-7;2-1-3/h1-3,6-7H,4-5H2;1H,(H2,2,3).